The van der Waals surface area contributed by atoms with Gasteiger partial charge >= 0.3 is 0 Å². The van der Waals surface area contributed by atoms with Crippen LogP contribution in [0.3, 0.4) is 0 Å². The van der Waals surface area contributed by atoms with Crippen molar-refractivity contribution in [2.45, 2.75) is 40.0 Å². The second-order valence-corrected chi connectivity index (χ2v) is 3.05. The van der Waals surface area contributed by atoms with Gasteiger partial charge in [0.15, 0.2) is 0 Å². The maximum Gasteiger partial charge on any atom is 0.123 e. The van der Waals surface area contributed by atoms with E-state index >= 15 is 0 Å². The van der Waals surface area contributed by atoms with Crippen LogP contribution in [0.5, 0.6) is 0 Å². The van der Waals surface area contributed by atoms with Gasteiger partial charge in [0.25, 0.3) is 0 Å². The molecule has 0 rings (SSSR count). The number of hydrogen-bond acceptors (Lipinski definition) is 1. The fraction of sp³-hybridized carbons (Fsp3) is 0.778. The van der Waals surface area contributed by atoms with Crippen LogP contribution in [-0.2, 0) is 4.79 Å². The van der Waals surface area contributed by atoms with Crippen molar-refractivity contribution in [1.82, 2.24) is 0 Å². The number of rotatable bonds is 4. The molecule has 0 bridgehead atoms. The van der Waals surface area contributed by atoms with Crippen LogP contribution in [0.15, 0.2) is 5.57 Å². The van der Waals surface area contributed by atoms with Gasteiger partial charge in [-0.3, -0.25) is 0 Å². The predicted octanol–water partition coefficient (Wildman–Crippen LogP) is 2.59. The summed E-state index contributed by atoms with van der Waals surface area (Å²) < 4.78 is 0. The minimum absolute atomic E-state index is 0.586. The van der Waals surface area contributed by atoms with Crippen LogP contribution in [-0.4, -0.2) is 5.94 Å². The summed E-state index contributed by atoms with van der Waals surface area (Å²) in [5.41, 5.74) is 0.942. The van der Waals surface area contributed by atoms with Gasteiger partial charge in [-0.05, 0) is 18.8 Å². The molecule has 0 amide bonds. The number of hydrogen-bond donors (Lipinski definition) is 0. The molecule has 0 N–H and O–H groups in total. The maximum absolute atomic E-state index is 10.3. The minimum Gasteiger partial charge on any atom is -0.234 e. The van der Waals surface area contributed by atoms with E-state index in [1.165, 1.54) is 0 Å². The Kier molecular flexibility index (Phi) is 4.96. The van der Waals surface area contributed by atoms with Gasteiger partial charge in [0.05, 0.1) is 0 Å². The first-order valence-corrected chi connectivity index (χ1v) is 3.93. The molecule has 0 aliphatic heterocycles. The first-order valence-electron chi connectivity index (χ1n) is 3.93. The van der Waals surface area contributed by atoms with Crippen LogP contribution in [0, 0.1) is 5.92 Å². The number of allylic oxidation sites excluding steroid dienone is 1. The van der Waals surface area contributed by atoms with Crippen molar-refractivity contribution in [2.75, 3.05) is 0 Å². The third-order valence-corrected chi connectivity index (χ3v) is 1.35. The first-order chi connectivity index (χ1) is 4.70. The quantitative estimate of drug-likeness (QED) is 0.548. The van der Waals surface area contributed by atoms with Crippen molar-refractivity contribution in [3.63, 3.8) is 0 Å². The molecule has 0 heterocycles. The molecule has 0 spiro atoms. The lowest BCUT2D eigenvalue weighted by Crippen LogP contribution is -1.91. The van der Waals surface area contributed by atoms with Crippen LogP contribution in [0.1, 0.15) is 40.0 Å². The standard InChI is InChI=1S/C9H16O/c1-4-5-9(7-10)6-8(2)3/h8H,4-6H2,1-3H3. The van der Waals surface area contributed by atoms with Gasteiger partial charge in [0.2, 0.25) is 0 Å². The summed E-state index contributed by atoms with van der Waals surface area (Å²) in [4.78, 5) is 10.3. The Hall–Kier alpha value is -0.550. The third kappa shape index (κ3) is 4.34. The molecule has 0 atom stereocenters. The topological polar surface area (TPSA) is 17.1 Å². The molecule has 0 aliphatic rings. The molecule has 1 heteroatoms. The average Bonchev–Trinajstić information content (AvgIpc) is 1.86. The molecule has 0 fully saturated rings. The highest BCUT2D eigenvalue weighted by Crippen LogP contribution is 2.12. The zero-order valence-corrected chi connectivity index (χ0v) is 7.11. The Morgan fingerprint density at radius 3 is 2.40 bits per heavy atom. The Balaban J connectivity index is 3.74. The molecular formula is C9H16O. The van der Waals surface area contributed by atoms with Crippen LogP contribution in [0.2, 0.25) is 0 Å². The molecular weight excluding hydrogens is 124 g/mol. The largest absolute Gasteiger partial charge is 0.234 e. The van der Waals surface area contributed by atoms with E-state index in [2.05, 4.69) is 20.8 Å². The lowest BCUT2D eigenvalue weighted by molar-refractivity contribution is 0.557. The van der Waals surface area contributed by atoms with E-state index in [4.69, 9.17) is 0 Å². The van der Waals surface area contributed by atoms with Gasteiger partial charge in [-0.15, -0.1) is 0 Å². The smallest absolute Gasteiger partial charge is 0.123 e. The van der Waals surface area contributed by atoms with Crippen LogP contribution >= 0.6 is 0 Å². The molecule has 0 saturated heterocycles. The second-order valence-electron chi connectivity index (χ2n) is 3.05. The van der Waals surface area contributed by atoms with Crippen molar-refractivity contribution in [2.24, 2.45) is 5.92 Å². The molecule has 0 radical (unpaired) electrons. The minimum atomic E-state index is 0.586. The Labute approximate surface area is 63.1 Å². The average molecular weight is 140 g/mol. The van der Waals surface area contributed by atoms with Gasteiger partial charge in [-0.1, -0.05) is 27.2 Å². The SMILES string of the molecule is CCCC(=C=O)CC(C)C. The highest BCUT2D eigenvalue weighted by molar-refractivity contribution is 5.52. The van der Waals surface area contributed by atoms with Crippen molar-refractivity contribution in [3.05, 3.63) is 5.57 Å². The van der Waals surface area contributed by atoms with E-state index in [0.717, 1.165) is 24.8 Å². The van der Waals surface area contributed by atoms with Gasteiger partial charge in [0, 0.05) is 5.57 Å². The van der Waals surface area contributed by atoms with Gasteiger partial charge in [-0.25, -0.2) is 4.79 Å². The molecule has 0 unspecified atom stereocenters. The lowest BCUT2D eigenvalue weighted by Gasteiger charge is -2.03. The van der Waals surface area contributed by atoms with Crippen molar-refractivity contribution < 1.29 is 4.79 Å². The molecule has 58 valence electrons. The summed E-state index contributed by atoms with van der Waals surface area (Å²) in [7, 11) is 0. The molecule has 0 aromatic rings. The zero-order chi connectivity index (χ0) is 7.98. The Bertz CT molecular complexity index is 130. The van der Waals surface area contributed by atoms with Gasteiger partial charge < -0.3 is 0 Å². The van der Waals surface area contributed by atoms with E-state index < -0.39 is 0 Å². The van der Waals surface area contributed by atoms with Crippen molar-refractivity contribution >= 4 is 5.94 Å². The van der Waals surface area contributed by atoms with Gasteiger partial charge in [0.1, 0.15) is 5.94 Å². The predicted molar refractivity (Wildman–Crippen MR) is 43.6 cm³/mol. The maximum atomic E-state index is 10.3. The van der Waals surface area contributed by atoms with Gasteiger partial charge in [-0.2, -0.15) is 0 Å². The van der Waals surface area contributed by atoms with Crippen LogP contribution in [0.25, 0.3) is 0 Å². The molecule has 0 aliphatic carbocycles. The lowest BCUT2D eigenvalue weighted by atomic mass is 10.0. The van der Waals surface area contributed by atoms with E-state index in [0.29, 0.717) is 5.92 Å². The Morgan fingerprint density at radius 2 is 2.10 bits per heavy atom. The summed E-state index contributed by atoms with van der Waals surface area (Å²) in [6, 6.07) is 0. The summed E-state index contributed by atoms with van der Waals surface area (Å²) in [5, 5.41) is 0. The van der Waals surface area contributed by atoms with Crippen molar-refractivity contribution in [3.8, 4) is 0 Å². The fourth-order valence-electron chi connectivity index (χ4n) is 0.989. The highest BCUT2D eigenvalue weighted by Gasteiger charge is 1.99. The monoisotopic (exact) mass is 140 g/mol. The van der Waals surface area contributed by atoms with E-state index in [-0.39, 0.29) is 0 Å². The second kappa shape index (κ2) is 5.25. The van der Waals surface area contributed by atoms with E-state index in [9.17, 15) is 4.79 Å². The van der Waals surface area contributed by atoms with Crippen LogP contribution < -0.4 is 0 Å². The Morgan fingerprint density at radius 1 is 1.50 bits per heavy atom. The van der Waals surface area contributed by atoms with Crippen LogP contribution in [0.4, 0.5) is 0 Å². The molecule has 0 aromatic carbocycles. The molecule has 0 saturated carbocycles. The van der Waals surface area contributed by atoms with E-state index in [1.54, 1.807) is 0 Å². The first kappa shape index (κ1) is 9.45. The summed E-state index contributed by atoms with van der Waals surface area (Å²) >= 11 is 0. The summed E-state index contributed by atoms with van der Waals surface area (Å²) in [5.74, 6) is 2.59. The fourth-order valence-corrected chi connectivity index (χ4v) is 0.989. The molecule has 0 aromatic heterocycles. The normalized spacial score (nSPS) is 9.60. The van der Waals surface area contributed by atoms with Crippen molar-refractivity contribution in [1.29, 1.82) is 0 Å². The molecule has 10 heavy (non-hydrogen) atoms. The zero-order valence-electron chi connectivity index (χ0n) is 7.11. The third-order valence-electron chi connectivity index (χ3n) is 1.35. The molecule has 1 nitrogen and oxygen atoms in total. The summed E-state index contributed by atoms with van der Waals surface area (Å²) in [6.07, 6.45) is 2.89. The number of carbonyl (C=O) groups excluding carboxylic acids is 1. The summed E-state index contributed by atoms with van der Waals surface area (Å²) in [6.45, 7) is 6.32. The van der Waals surface area contributed by atoms with E-state index in [1.807, 2.05) is 5.94 Å². The highest BCUT2D eigenvalue weighted by atomic mass is 16.1.